The second-order valence-electron chi connectivity index (χ2n) is 13.3. The molecule has 4 aromatic heterocycles. The van der Waals surface area contributed by atoms with Gasteiger partial charge in [-0.25, -0.2) is 9.78 Å². The molecule has 52 heavy (non-hydrogen) atoms. The Bertz CT molecular complexity index is 2440. The number of thiophene rings is 1. The Kier molecular flexibility index (Phi) is 7.68. The van der Waals surface area contributed by atoms with E-state index in [1.54, 1.807) is 13.3 Å². The van der Waals surface area contributed by atoms with E-state index in [0.29, 0.717) is 58.8 Å². The van der Waals surface area contributed by atoms with Crippen molar-refractivity contribution < 1.29 is 27.2 Å². The van der Waals surface area contributed by atoms with Gasteiger partial charge in [-0.2, -0.15) is 13.2 Å². The molecule has 1 fully saturated rings. The van der Waals surface area contributed by atoms with Crippen molar-refractivity contribution in [3.8, 4) is 27.6 Å². The van der Waals surface area contributed by atoms with Crippen LogP contribution in [0.25, 0.3) is 31.9 Å². The molecule has 2 aromatic carbocycles. The second kappa shape index (κ2) is 12.3. The number of aromatic nitrogens is 4. The molecule has 9 rings (SSSR count). The van der Waals surface area contributed by atoms with E-state index in [-0.39, 0.29) is 23.8 Å². The number of nitrogens with one attached hydrogen (secondary N) is 2. The second-order valence-corrected chi connectivity index (χ2v) is 14.4. The Morgan fingerprint density at radius 2 is 1.90 bits per heavy atom. The van der Waals surface area contributed by atoms with Crippen molar-refractivity contribution in [3.05, 3.63) is 111 Å². The van der Waals surface area contributed by atoms with Crippen molar-refractivity contribution in [2.45, 2.75) is 56.8 Å². The number of fused-ring (bicyclic) bond motifs is 5. The first-order valence-electron chi connectivity index (χ1n) is 17.1. The number of alkyl halides is 3. The highest BCUT2D eigenvalue weighted by atomic mass is 32.1. The molecule has 1 amide bonds. The Morgan fingerprint density at radius 3 is 2.67 bits per heavy atom. The van der Waals surface area contributed by atoms with Crippen LogP contribution in [-0.2, 0) is 25.4 Å². The van der Waals surface area contributed by atoms with Gasteiger partial charge in [0.1, 0.15) is 11.6 Å². The van der Waals surface area contributed by atoms with Crippen LogP contribution in [0.5, 0.6) is 5.75 Å². The highest BCUT2D eigenvalue weighted by Gasteiger charge is 2.45. The number of rotatable bonds is 8. The summed E-state index contributed by atoms with van der Waals surface area (Å²) in [5.74, 6) is 0.819. The molecule has 6 heterocycles. The maximum absolute atomic E-state index is 14.2. The van der Waals surface area contributed by atoms with E-state index in [4.69, 9.17) is 19.2 Å². The molecule has 2 aliphatic heterocycles. The minimum absolute atomic E-state index is 0.0280. The van der Waals surface area contributed by atoms with Crippen LogP contribution in [0.15, 0.2) is 70.1 Å². The van der Waals surface area contributed by atoms with Gasteiger partial charge in [0, 0.05) is 23.2 Å². The van der Waals surface area contributed by atoms with Gasteiger partial charge >= 0.3 is 11.9 Å². The van der Waals surface area contributed by atoms with Crippen LogP contribution in [0, 0.1) is 0 Å². The summed E-state index contributed by atoms with van der Waals surface area (Å²) in [5.41, 5.74) is 5.06. The number of nitrogens with zero attached hydrogens (tertiary/aromatic N) is 4. The summed E-state index contributed by atoms with van der Waals surface area (Å²) < 4.78 is 51.3. The molecule has 1 saturated heterocycles. The van der Waals surface area contributed by atoms with Gasteiger partial charge in [-0.05, 0) is 90.9 Å². The van der Waals surface area contributed by atoms with Crippen molar-refractivity contribution in [3.63, 3.8) is 0 Å². The van der Waals surface area contributed by atoms with Crippen LogP contribution >= 0.6 is 11.3 Å². The number of amides is 1. The van der Waals surface area contributed by atoms with E-state index in [9.17, 15) is 22.8 Å². The first-order valence-corrected chi connectivity index (χ1v) is 17.9. The van der Waals surface area contributed by atoms with Crippen molar-refractivity contribution in [2.75, 3.05) is 19.0 Å². The number of H-pyrrole nitrogens is 1. The van der Waals surface area contributed by atoms with Crippen molar-refractivity contribution in [1.29, 1.82) is 0 Å². The molecule has 0 bridgehead atoms. The third-order valence-corrected chi connectivity index (χ3v) is 11.6. The standard InChI is InChI=1S/C38H31F3N6O4S/c1-50-27-6-2-4-22-23(27)12-14-24(22)44-35-33-20(15-16-42-35)18-28(52-33)30-29(34-45-37(49)51-46-34)25(13-9-19-7-10-21(11-8-19)38(39,40)41)43-32-26-5-3-17-47(26)36(48)31(30)32/h2,4,6-8,10-11,15-16,18,24,26H,3,5,9,12-14,17H2,1H3,(H,42,44)(H,45,46,49). The quantitative estimate of drug-likeness (QED) is 0.162. The first-order chi connectivity index (χ1) is 25.2. The first kappa shape index (κ1) is 32.4. The molecule has 2 atom stereocenters. The van der Waals surface area contributed by atoms with Gasteiger partial charge in [0.15, 0.2) is 5.82 Å². The normalized spacial score (nSPS) is 17.8. The molecule has 0 saturated carbocycles. The predicted molar refractivity (Wildman–Crippen MR) is 189 cm³/mol. The van der Waals surface area contributed by atoms with E-state index in [2.05, 4.69) is 21.5 Å². The van der Waals surface area contributed by atoms with Crippen LogP contribution in [0.3, 0.4) is 0 Å². The summed E-state index contributed by atoms with van der Waals surface area (Å²) >= 11 is 1.48. The van der Waals surface area contributed by atoms with Crippen LogP contribution in [-0.4, -0.2) is 44.6 Å². The Labute approximate surface area is 298 Å². The lowest BCUT2D eigenvalue weighted by Crippen LogP contribution is -2.22. The maximum Gasteiger partial charge on any atom is 0.439 e. The number of hydrogen-bond donors (Lipinski definition) is 2. The van der Waals surface area contributed by atoms with Crippen LogP contribution in [0.4, 0.5) is 19.0 Å². The zero-order chi connectivity index (χ0) is 35.7. The zero-order valence-corrected chi connectivity index (χ0v) is 28.7. The lowest BCUT2D eigenvalue weighted by molar-refractivity contribution is -0.137. The fraction of sp³-hybridized carbons (Fsp3) is 0.289. The van der Waals surface area contributed by atoms with Gasteiger partial charge in [-0.1, -0.05) is 29.4 Å². The van der Waals surface area contributed by atoms with Gasteiger partial charge in [0.05, 0.1) is 52.0 Å². The Hall–Kier alpha value is -5.50. The van der Waals surface area contributed by atoms with E-state index in [1.807, 2.05) is 29.2 Å². The van der Waals surface area contributed by atoms with E-state index >= 15 is 0 Å². The summed E-state index contributed by atoms with van der Waals surface area (Å²) in [7, 11) is 1.68. The molecule has 2 unspecified atom stereocenters. The largest absolute Gasteiger partial charge is 0.496 e. The number of methoxy groups -OCH3 is 1. The summed E-state index contributed by atoms with van der Waals surface area (Å²) in [4.78, 5) is 41.7. The van der Waals surface area contributed by atoms with Gasteiger partial charge in [-0.3, -0.25) is 19.3 Å². The predicted octanol–water partition coefficient (Wildman–Crippen LogP) is 7.90. The molecule has 264 valence electrons. The molecule has 14 heteroatoms. The number of hydrogen-bond acceptors (Lipinski definition) is 9. The topological polar surface area (TPSA) is 126 Å². The lowest BCUT2D eigenvalue weighted by Gasteiger charge is -2.17. The minimum Gasteiger partial charge on any atom is -0.496 e. The van der Waals surface area contributed by atoms with Crippen molar-refractivity contribution in [2.24, 2.45) is 0 Å². The molecule has 6 aromatic rings. The van der Waals surface area contributed by atoms with Crippen LogP contribution in [0.2, 0.25) is 0 Å². The van der Waals surface area contributed by atoms with Gasteiger partial charge in [0.25, 0.3) is 5.91 Å². The number of ether oxygens (including phenoxy) is 1. The average molecular weight is 725 g/mol. The number of anilines is 1. The highest BCUT2D eigenvalue weighted by molar-refractivity contribution is 7.23. The third-order valence-electron chi connectivity index (χ3n) is 10.4. The summed E-state index contributed by atoms with van der Waals surface area (Å²) in [6.07, 6.45) is 1.35. The highest BCUT2D eigenvalue weighted by Crippen LogP contribution is 2.50. The molecule has 10 nitrogen and oxygen atoms in total. The number of aryl methyl sites for hydroxylation is 2. The van der Waals surface area contributed by atoms with E-state index in [1.165, 1.54) is 34.6 Å². The summed E-state index contributed by atoms with van der Waals surface area (Å²) in [5, 5.41) is 8.65. The minimum atomic E-state index is -4.44. The molecular weight excluding hydrogens is 694 g/mol. The number of halogens is 3. The number of carbonyl (C=O) groups is 1. The SMILES string of the molecule is COc1cccc2c1CCC2Nc1nccc2cc(-c3c4c(nc(CCc5ccc(C(F)(F)F)cc5)c3-c3noc(=O)[nH]3)C3CCCN3C4=O)sc12. The monoisotopic (exact) mass is 724 g/mol. The number of benzene rings is 2. The van der Waals surface area contributed by atoms with E-state index < -0.39 is 17.5 Å². The van der Waals surface area contributed by atoms with Gasteiger partial charge in [0.2, 0.25) is 0 Å². The molecular formula is C38H31F3N6O4S. The Morgan fingerprint density at radius 1 is 1.06 bits per heavy atom. The van der Waals surface area contributed by atoms with Gasteiger partial charge in [-0.15, -0.1) is 11.3 Å². The number of carbonyl (C=O) groups excluding carboxylic acids is 1. The lowest BCUT2D eigenvalue weighted by atomic mass is 9.92. The fourth-order valence-electron chi connectivity index (χ4n) is 8.01. The van der Waals surface area contributed by atoms with Crippen LogP contribution in [0.1, 0.15) is 75.3 Å². The summed E-state index contributed by atoms with van der Waals surface area (Å²) in [6, 6.07) is 14.9. The smallest absolute Gasteiger partial charge is 0.439 e. The Balaban J connectivity index is 1.18. The number of pyridine rings is 2. The molecule has 0 radical (unpaired) electrons. The van der Waals surface area contributed by atoms with E-state index in [0.717, 1.165) is 58.5 Å². The van der Waals surface area contributed by atoms with Gasteiger partial charge < -0.3 is 15.0 Å². The number of aromatic amines is 1. The fourth-order valence-corrected chi connectivity index (χ4v) is 9.18. The molecule has 2 N–H and O–H groups in total. The summed E-state index contributed by atoms with van der Waals surface area (Å²) in [6.45, 7) is 0.606. The van der Waals surface area contributed by atoms with Crippen LogP contribution < -0.4 is 15.8 Å². The zero-order valence-electron chi connectivity index (χ0n) is 27.8. The average Bonchev–Trinajstić information content (AvgIpc) is 3.98. The molecule has 3 aliphatic rings. The third kappa shape index (κ3) is 5.35. The van der Waals surface area contributed by atoms with Crippen molar-refractivity contribution in [1.82, 2.24) is 25.0 Å². The molecule has 1 aliphatic carbocycles. The molecule has 0 spiro atoms. The van der Waals surface area contributed by atoms with Crippen molar-refractivity contribution >= 4 is 33.1 Å². The maximum atomic E-state index is 14.2.